The molecule has 1 aromatic rings. The molecule has 0 fully saturated rings. The van der Waals surface area contributed by atoms with E-state index < -0.39 is 0 Å². The van der Waals surface area contributed by atoms with Crippen molar-refractivity contribution in [2.45, 2.75) is 0 Å². The van der Waals surface area contributed by atoms with Gasteiger partial charge in [0.05, 0.1) is 0 Å². The second kappa shape index (κ2) is 6.20. The minimum Gasteiger partial charge on any atom is -0.508 e. The lowest BCUT2D eigenvalue weighted by molar-refractivity contribution is 0.475. The van der Waals surface area contributed by atoms with Crippen molar-refractivity contribution in [2.24, 2.45) is 0 Å². The second-order valence-corrected chi connectivity index (χ2v) is 1.34. The zero-order chi connectivity index (χ0) is 7.11. The summed E-state index contributed by atoms with van der Waals surface area (Å²) in [6, 6.07) is 8.71. The monoisotopic (exact) mass is 153 g/mol. The van der Waals surface area contributed by atoms with E-state index in [1.807, 2.05) is 6.07 Å². The summed E-state index contributed by atoms with van der Waals surface area (Å²) in [6.45, 7) is 0. The molecular weight excluding hydrogens is 148 g/mol. The fourth-order valence-electron chi connectivity index (χ4n) is 0.428. The summed E-state index contributed by atoms with van der Waals surface area (Å²) in [5, 5.41) is 8.63. The van der Waals surface area contributed by atoms with Crippen molar-refractivity contribution < 1.29 is 5.11 Å². The van der Waals surface area contributed by atoms with E-state index in [1.165, 1.54) is 20.6 Å². The van der Waals surface area contributed by atoms with Gasteiger partial charge in [0, 0.05) is 0 Å². The quantitative estimate of drug-likeness (QED) is 0.563. The molecule has 0 aliphatic rings. The van der Waals surface area contributed by atoms with Gasteiger partial charge in [0.15, 0.2) is 0 Å². The van der Waals surface area contributed by atoms with Crippen molar-refractivity contribution in [1.82, 2.24) is 0 Å². The SMILES string of the molecule is Oc1ccccc1.[Mg+2][Cl]. The third-order valence-electron chi connectivity index (χ3n) is 0.756. The number of hydrogen-bond acceptors (Lipinski definition) is 1. The molecule has 0 aliphatic heterocycles. The molecule has 0 aromatic heterocycles. The number of phenolic OH excluding ortho intramolecular Hbond substituents is 1. The van der Waals surface area contributed by atoms with Crippen LogP contribution < -0.4 is 0 Å². The average Bonchev–Trinajstić information content (AvgIpc) is 1.94. The number of rotatable bonds is 0. The molecule has 1 nitrogen and oxygen atoms in total. The van der Waals surface area contributed by atoms with E-state index in [9.17, 15) is 0 Å². The van der Waals surface area contributed by atoms with Crippen LogP contribution in [-0.4, -0.2) is 25.7 Å². The normalized spacial score (nSPS) is 7.33. The third-order valence-corrected chi connectivity index (χ3v) is 0.756. The van der Waals surface area contributed by atoms with E-state index in [2.05, 4.69) is 9.07 Å². The van der Waals surface area contributed by atoms with Gasteiger partial charge in [-0.25, -0.2) is 0 Å². The minimum atomic E-state index is 0.322. The van der Waals surface area contributed by atoms with Gasteiger partial charge in [0.1, 0.15) is 5.75 Å². The molecule has 43 valence electrons. The van der Waals surface area contributed by atoms with Crippen LogP contribution in [0, 0.1) is 0 Å². The Morgan fingerprint density at radius 3 is 1.78 bits per heavy atom. The molecule has 0 spiro atoms. The van der Waals surface area contributed by atoms with Crippen LogP contribution in [0.15, 0.2) is 30.3 Å². The summed E-state index contributed by atoms with van der Waals surface area (Å²) in [7, 11) is 4.67. The van der Waals surface area contributed by atoms with E-state index in [0.29, 0.717) is 5.75 Å². The molecule has 1 rings (SSSR count). The van der Waals surface area contributed by atoms with Crippen LogP contribution in [0.2, 0.25) is 0 Å². The van der Waals surface area contributed by atoms with Crippen molar-refractivity contribution in [2.75, 3.05) is 0 Å². The molecule has 0 aliphatic carbocycles. The number of halogens is 1. The van der Waals surface area contributed by atoms with E-state index in [4.69, 9.17) is 5.11 Å². The second-order valence-electron chi connectivity index (χ2n) is 1.34. The standard InChI is InChI=1S/C6H6O.ClH.Mg/c7-6-4-2-1-3-5-6;;/h1-5,7H;1H;/q;;+3/p-1. The molecule has 0 saturated heterocycles. The van der Waals surface area contributed by atoms with Crippen LogP contribution in [-0.2, 0) is 0 Å². The molecule has 1 N–H and O–H groups in total. The fraction of sp³-hybridized carbons (Fsp3) is 0. The van der Waals surface area contributed by atoms with Crippen molar-refractivity contribution in [3.05, 3.63) is 30.3 Å². The number of aromatic hydroxyl groups is 1. The first-order chi connectivity index (χ1) is 4.39. The van der Waals surface area contributed by atoms with Crippen LogP contribution in [0.3, 0.4) is 0 Å². The Labute approximate surface area is 70.9 Å². The van der Waals surface area contributed by atoms with E-state index in [1.54, 1.807) is 24.3 Å². The Bertz CT molecular complexity index is 143. The lowest BCUT2D eigenvalue weighted by Crippen LogP contribution is -1.56. The molecule has 0 bridgehead atoms. The fourth-order valence-corrected chi connectivity index (χ4v) is 0.428. The van der Waals surface area contributed by atoms with Crippen molar-refractivity contribution >= 4 is 29.7 Å². The van der Waals surface area contributed by atoms with Gasteiger partial charge in [-0.15, -0.1) is 0 Å². The van der Waals surface area contributed by atoms with Crippen LogP contribution in [0.4, 0.5) is 0 Å². The van der Waals surface area contributed by atoms with Crippen LogP contribution in [0.1, 0.15) is 0 Å². The van der Waals surface area contributed by atoms with Crippen molar-refractivity contribution in [3.63, 3.8) is 0 Å². The molecule has 1 aromatic carbocycles. The van der Waals surface area contributed by atoms with Crippen molar-refractivity contribution in [3.8, 4) is 5.75 Å². The summed E-state index contributed by atoms with van der Waals surface area (Å²) >= 11 is 1.33. The summed E-state index contributed by atoms with van der Waals surface area (Å²) in [6.07, 6.45) is 0. The average molecular weight is 154 g/mol. The van der Waals surface area contributed by atoms with E-state index in [0.717, 1.165) is 0 Å². The summed E-state index contributed by atoms with van der Waals surface area (Å²) in [5.74, 6) is 0.322. The predicted octanol–water partition coefficient (Wildman–Crippen LogP) is 1.70. The molecule has 0 saturated carbocycles. The largest absolute Gasteiger partial charge is 1.59 e. The maximum atomic E-state index is 8.63. The van der Waals surface area contributed by atoms with E-state index in [-0.39, 0.29) is 0 Å². The molecule has 0 atom stereocenters. The van der Waals surface area contributed by atoms with Gasteiger partial charge < -0.3 is 5.11 Å². The summed E-state index contributed by atoms with van der Waals surface area (Å²) in [4.78, 5) is 0. The van der Waals surface area contributed by atoms with Gasteiger partial charge >= 0.3 is 29.7 Å². The van der Waals surface area contributed by atoms with Crippen molar-refractivity contribution in [1.29, 1.82) is 0 Å². The highest BCUT2D eigenvalue weighted by molar-refractivity contribution is 6.80. The maximum absolute atomic E-state index is 8.63. The Morgan fingerprint density at radius 1 is 1.11 bits per heavy atom. The molecule has 0 unspecified atom stereocenters. The maximum Gasteiger partial charge on any atom is 1.59 e. The zero-order valence-electron chi connectivity index (χ0n) is 4.92. The first-order valence-electron chi connectivity index (χ1n) is 2.40. The summed E-state index contributed by atoms with van der Waals surface area (Å²) in [5.41, 5.74) is 0. The van der Waals surface area contributed by atoms with Gasteiger partial charge in [0.25, 0.3) is 0 Å². The Morgan fingerprint density at radius 2 is 1.56 bits per heavy atom. The molecule has 0 heterocycles. The van der Waals surface area contributed by atoms with Gasteiger partial charge in [-0.05, 0) is 12.1 Å². The molecule has 0 amide bonds. The first-order valence-corrected chi connectivity index (χ1v) is 4.54. The number of benzene rings is 1. The number of para-hydroxylation sites is 1. The lowest BCUT2D eigenvalue weighted by Gasteiger charge is -1.82. The Kier molecular flexibility index (Phi) is 6.25. The van der Waals surface area contributed by atoms with Crippen LogP contribution in [0.5, 0.6) is 5.75 Å². The zero-order valence-corrected chi connectivity index (χ0v) is 7.09. The van der Waals surface area contributed by atoms with Gasteiger partial charge in [-0.1, -0.05) is 18.2 Å². The lowest BCUT2D eigenvalue weighted by atomic mass is 10.3. The first kappa shape index (κ1) is 9.08. The number of phenols is 1. The minimum absolute atomic E-state index is 0.322. The Hall–Kier alpha value is 0.0762. The predicted molar refractivity (Wildman–Crippen MR) is 39.7 cm³/mol. The smallest absolute Gasteiger partial charge is 0.508 e. The summed E-state index contributed by atoms with van der Waals surface area (Å²) < 4.78 is 0. The van der Waals surface area contributed by atoms with Crippen LogP contribution >= 0.6 is 9.07 Å². The highest BCUT2D eigenvalue weighted by Gasteiger charge is 2.16. The van der Waals surface area contributed by atoms with Gasteiger partial charge in [-0.2, -0.15) is 0 Å². The molecule has 3 heteroatoms. The topological polar surface area (TPSA) is 20.2 Å². The van der Waals surface area contributed by atoms with E-state index >= 15 is 0 Å². The Balaban J connectivity index is 0.000000291. The van der Waals surface area contributed by atoms with Crippen LogP contribution in [0.25, 0.3) is 0 Å². The molecule has 7 radical (unpaired) electrons. The molecular formula is C6H6ClMgO+2. The number of hydrogen-bond donors (Lipinski definition) is 1. The van der Waals surface area contributed by atoms with Gasteiger partial charge in [0.2, 0.25) is 0 Å². The third kappa shape index (κ3) is 4.57. The molecule has 9 heavy (non-hydrogen) atoms. The van der Waals surface area contributed by atoms with Gasteiger partial charge in [-0.3, -0.25) is 0 Å². The highest BCUT2D eigenvalue weighted by Crippen LogP contribution is 2.02. The highest BCUT2D eigenvalue weighted by atomic mass is 35.5.